The Hall–Kier alpha value is -3.02. The SMILES string of the molecule is CCc1ccc2c(COC(=O)c3ccc(F)cc3F)cc(=O)oc2c1. The van der Waals surface area contributed by atoms with E-state index in [1.54, 1.807) is 12.1 Å². The van der Waals surface area contributed by atoms with Gasteiger partial charge in [-0.2, -0.15) is 0 Å². The molecule has 2 aromatic carbocycles. The molecule has 0 aliphatic rings. The summed E-state index contributed by atoms with van der Waals surface area (Å²) >= 11 is 0. The molecule has 128 valence electrons. The Morgan fingerprint density at radius 3 is 2.64 bits per heavy atom. The van der Waals surface area contributed by atoms with Crippen LogP contribution in [0.5, 0.6) is 0 Å². The predicted octanol–water partition coefficient (Wildman–Crippen LogP) is 3.99. The summed E-state index contributed by atoms with van der Waals surface area (Å²) in [6.07, 6.45) is 0.780. The first-order chi connectivity index (χ1) is 12.0. The lowest BCUT2D eigenvalue weighted by Crippen LogP contribution is -2.09. The molecule has 0 N–H and O–H groups in total. The molecule has 4 nitrogen and oxygen atoms in total. The summed E-state index contributed by atoms with van der Waals surface area (Å²) in [5.74, 6) is -2.73. The van der Waals surface area contributed by atoms with Crippen LogP contribution in [0.3, 0.4) is 0 Å². The number of hydrogen-bond acceptors (Lipinski definition) is 4. The van der Waals surface area contributed by atoms with Crippen molar-refractivity contribution in [3.8, 4) is 0 Å². The molecule has 0 unspecified atom stereocenters. The van der Waals surface area contributed by atoms with E-state index in [0.29, 0.717) is 22.6 Å². The number of halogens is 2. The predicted molar refractivity (Wildman–Crippen MR) is 87.3 cm³/mol. The molecule has 3 rings (SSSR count). The zero-order valence-corrected chi connectivity index (χ0v) is 13.3. The van der Waals surface area contributed by atoms with Crippen molar-refractivity contribution in [2.24, 2.45) is 0 Å². The van der Waals surface area contributed by atoms with Crippen LogP contribution >= 0.6 is 0 Å². The average Bonchev–Trinajstić information content (AvgIpc) is 2.58. The largest absolute Gasteiger partial charge is 0.457 e. The van der Waals surface area contributed by atoms with E-state index < -0.39 is 23.2 Å². The van der Waals surface area contributed by atoms with Gasteiger partial charge in [-0.15, -0.1) is 0 Å². The second kappa shape index (κ2) is 6.84. The Morgan fingerprint density at radius 2 is 1.92 bits per heavy atom. The van der Waals surface area contributed by atoms with Gasteiger partial charge in [0.1, 0.15) is 23.8 Å². The summed E-state index contributed by atoms with van der Waals surface area (Å²) in [6.45, 7) is 1.74. The first-order valence-corrected chi connectivity index (χ1v) is 7.65. The molecule has 0 aliphatic heterocycles. The lowest BCUT2D eigenvalue weighted by atomic mass is 10.1. The van der Waals surface area contributed by atoms with E-state index in [2.05, 4.69) is 0 Å². The lowest BCUT2D eigenvalue weighted by Gasteiger charge is -2.08. The molecule has 0 spiro atoms. The first kappa shape index (κ1) is 16.8. The van der Waals surface area contributed by atoms with Crippen molar-refractivity contribution >= 4 is 16.9 Å². The number of benzene rings is 2. The Kier molecular flexibility index (Phi) is 4.61. The topological polar surface area (TPSA) is 56.5 Å². The van der Waals surface area contributed by atoms with Crippen LogP contribution in [0.25, 0.3) is 11.0 Å². The number of fused-ring (bicyclic) bond motifs is 1. The number of rotatable bonds is 4. The van der Waals surface area contributed by atoms with Crippen molar-refractivity contribution in [2.75, 3.05) is 0 Å². The van der Waals surface area contributed by atoms with Gasteiger partial charge in [0.25, 0.3) is 0 Å². The maximum atomic E-state index is 13.6. The van der Waals surface area contributed by atoms with Crippen LogP contribution in [0, 0.1) is 11.6 Å². The molecule has 6 heteroatoms. The molecule has 1 heterocycles. The van der Waals surface area contributed by atoms with Crippen LogP contribution in [0.15, 0.2) is 51.7 Å². The summed E-state index contributed by atoms with van der Waals surface area (Å²) in [5, 5.41) is 0.629. The van der Waals surface area contributed by atoms with Crippen molar-refractivity contribution in [3.63, 3.8) is 0 Å². The number of carbonyl (C=O) groups is 1. The zero-order chi connectivity index (χ0) is 18.0. The van der Waals surface area contributed by atoms with Crippen LogP contribution < -0.4 is 5.63 Å². The summed E-state index contributed by atoms with van der Waals surface area (Å²) in [6, 6.07) is 9.22. The molecule has 0 saturated heterocycles. The maximum absolute atomic E-state index is 13.6. The highest BCUT2D eigenvalue weighted by atomic mass is 19.1. The Morgan fingerprint density at radius 1 is 1.12 bits per heavy atom. The highest BCUT2D eigenvalue weighted by molar-refractivity contribution is 5.90. The van der Waals surface area contributed by atoms with Crippen molar-refractivity contribution in [1.29, 1.82) is 0 Å². The Balaban J connectivity index is 1.88. The van der Waals surface area contributed by atoms with Gasteiger partial charge in [-0.25, -0.2) is 18.4 Å². The molecule has 0 atom stereocenters. The van der Waals surface area contributed by atoms with Gasteiger partial charge in [-0.05, 0) is 30.2 Å². The monoisotopic (exact) mass is 344 g/mol. The molecule has 3 aromatic rings. The van der Waals surface area contributed by atoms with Gasteiger partial charge in [0.15, 0.2) is 0 Å². The summed E-state index contributed by atoms with van der Waals surface area (Å²) in [5.41, 5.74) is 0.899. The average molecular weight is 344 g/mol. The first-order valence-electron chi connectivity index (χ1n) is 7.65. The van der Waals surface area contributed by atoms with Gasteiger partial charge in [-0.3, -0.25) is 0 Å². The molecule has 0 amide bonds. The van der Waals surface area contributed by atoms with E-state index in [4.69, 9.17) is 9.15 Å². The van der Waals surface area contributed by atoms with Crippen molar-refractivity contribution in [3.05, 3.63) is 81.2 Å². The van der Waals surface area contributed by atoms with Gasteiger partial charge in [0.05, 0.1) is 5.56 Å². The summed E-state index contributed by atoms with van der Waals surface area (Å²) < 4.78 is 36.8. The number of esters is 1. The highest BCUT2D eigenvalue weighted by Crippen LogP contribution is 2.20. The standard InChI is InChI=1S/C19H14F2O4/c1-2-11-3-5-14-12(8-18(22)25-17(14)7-11)10-24-19(23)15-6-4-13(20)9-16(15)21/h3-9H,2,10H2,1H3. The minimum absolute atomic E-state index is 0.233. The fourth-order valence-electron chi connectivity index (χ4n) is 2.49. The number of ether oxygens (including phenoxy) is 1. The van der Waals surface area contributed by atoms with E-state index >= 15 is 0 Å². The maximum Gasteiger partial charge on any atom is 0.341 e. The quantitative estimate of drug-likeness (QED) is 0.530. The fourth-order valence-corrected chi connectivity index (χ4v) is 2.49. The molecular formula is C19H14F2O4. The van der Waals surface area contributed by atoms with E-state index in [-0.39, 0.29) is 12.2 Å². The van der Waals surface area contributed by atoms with Gasteiger partial charge in [-0.1, -0.05) is 19.1 Å². The van der Waals surface area contributed by atoms with Crippen molar-refractivity contribution in [2.45, 2.75) is 20.0 Å². The van der Waals surface area contributed by atoms with Crippen LogP contribution in [-0.4, -0.2) is 5.97 Å². The van der Waals surface area contributed by atoms with Gasteiger partial charge in [0, 0.05) is 23.1 Å². The molecule has 1 aromatic heterocycles. The molecule has 0 aliphatic carbocycles. The molecule has 0 radical (unpaired) electrons. The van der Waals surface area contributed by atoms with E-state index in [1.165, 1.54) is 6.07 Å². The molecule has 0 bridgehead atoms. The molecule has 25 heavy (non-hydrogen) atoms. The number of aryl methyl sites for hydroxylation is 1. The van der Waals surface area contributed by atoms with E-state index in [1.807, 2.05) is 13.0 Å². The fraction of sp³-hybridized carbons (Fsp3) is 0.158. The minimum atomic E-state index is -1.00. The number of carbonyl (C=O) groups excluding carboxylic acids is 1. The van der Waals surface area contributed by atoms with Crippen LogP contribution in [0.2, 0.25) is 0 Å². The Labute approximate surface area is 141 Å². The van der Waals surface area contributed by atoms with Gasteiger partial charge < -0.3 is 9.15 Å². The lowest BCUT2D eigenvalue weighted by molar-refractivity contribution is 0.0468. The normalized spacial score (nSPS) is 10.8. The Bertz CT molecular complexity index is 1010. The highest BCUT2D eigenvalue weighted by Gasteiger charge is 2.15. The second-order valence-corrected chi connectivity index (χ2v) is 5.48. The third kappa shape index (κ3) is 3.57. The molecule has 0 fully saturated rings. The van der Waals surface area contributed by atoms with Crippen molar-refractivity contribution < 1.29 is 22.7 Å². The second-order valence-electron chi connectivity index (χ2n) is 5.48. The zero-order valence-electron chi connectivity index (χ0n) is 13.3. The van der Waals surface area contributed by atoms with E-state index in [0.717, 1.165) is 24.1 Å². The van der Waals surface area contributed by atoms with E-state index in [9.17, 15) is 18.4 Å². The number of hydrogen-bond donors (Lipinski definition) is 0. The summed E-state index contributed by atoms with van der Waals surface area (Å²) in [4.78, 5) is 23.7. The van der Waals surface area contributed by atoms with Crippen LogP contribution in [-0.2, 0) is 17.8 Å². The smallest absolute Gasteiger partial charge is 0.341 e. The molecular weight excluding hydrogens is 330 g/mol. The third-order valence-electron chi connectivity index (χ3n) is 3.81. The van der Waals surface area contributed by atoms with Gasteiger partial charge in [0.2, 0.25) is 0 Å². The summed E-state index contributed by atoms with van der Waals surface area (Å²) in [7, 11) is 0. The minimum Gasteiger partial charge on any atom is -0.457 e. The van der Waals surface area contributed by atoms with Crippen LogP contribution in [0.4, 0.5) is 8.78 Å². The molecule has 0 saturated carbocycles. The van der Waals surface area contributed by atoms with Gasteiger partial charge >= 0.3 is 11.6 Å². The van der Waals surface area contributed by atoms with Crippen molar-refractivity contribution in [1.82, 2.24) is 0 Å². The third-order valence-corrected chi connectivity index (χ3v) is 3.81. The van der Waals surface area contributed by atoms with Crippen LogP contribution in [0.1, 0.15) is 28.4 Å².